The minimum absolute atomic E-state index is 0.0354. The van der Waals surface area contributed by atoms with Gasteiger partial charge in [-0.3, -0.25) is 4.79 Å². The lowest BCUT2D eigenvalue weighted by Gasteiger charge is -2.21. The Morgan fingerprint density at radius 3 is 2.78 bits per heavy atom. The van der Waals surface area contributed by atoms with Crippen molar-refractivity contribution in [3.63, 3.8) is 0 Å². The Morgan fingerprint density at radius 1 is 1.26 bits per heavy atom. The van der Waals surface area contributed by atoms with E-state index in [9.17, 15) is 9.18 Å². The third-order valence-corrected chi connectivity index (χ3v) is 3.50. The molecule has 0 saturated heterocycles. The highest BCUT2D eigenvalue weighted by Crippen LogP contribution is 2.40. The topological polar surface area (TPSA) is 56.8 Å². The summed E-state index contributed by atoms with van der Waals surface area (Å²) in [4.78, 5) is 12.3. The number of carbonyl (C=O) groups is 1. The average molecular weight is 338 g/mol. The standard InChI is InChI=1S/C16H13ClFNO4/c1-21-13-6-9(7-14-15(13)23-5-4-22-14)16(20)19-12-3-2-10(17)8-11(12)18/h2-3,6-8H,4-5H2,1H3,(H,19,20). The predicted molar refractivity (Wildman–Crippen MR) is 83.3 cm³/mol. The number of hydrogen-bond acceptors (Lipinski definition) is 4. The molecule has 1 aliphatic rings. The van der Waals surface area contributed by atoms with Gasteiger partial charge >= 0.3 is 0 Å². The summed E-state index contributed by atoms with van der Waals surface area (Å²) in [5.74, 6) is 0.131. The molecule has 0 aliphatic carbocycles. The van der Waals surface area contributed by atoms with Crippen LogP contribution in [0.25, 0.3) is 0 Å². The van der Waals surface area contributed by atoms with Crippen LogP contribution in [0.1, 0.15) is 10.4 Å². The molecule has 0 radical (unpaired) electrons. The normalized spacial score (nSPS) is 12.7. The van der Waals surface area contributed by atoms with Crippen LogP contribution in [-0.4, -0.2) is 26.2 Å². The van der Waals surface area contributed by atoms with Crippen molar-refractivity contribution in [2.75, 3.05) is 25.6 Å². The van der Waals surface area contributed by atoms with Crippen LogP contribution in [0.5, 0.6) is 17.2 Å². The molecule has 5 nitrogen and oxygen atoms in total. The van der Waals surface area contributed by atoms with Gasteiger partial charge in [0.25, 0.3) is 5.91 Å². The maximum atomic E-state index is 13.8. The van der Waals surface area contributed by atoms with E-state index in [1.807, 2.05) is 0 Å². The Kier molecular flexibility index (Phi) is 4.25. The molecule has 7 heteroatoms. The maximum Gasteiger partial charge on any atom is 0.256 e. The molecule has 23 heavy (non-hydrogen) atoms. The molecule has 2 aromatic rings. The van der Waals surface area contributed by atoms with E-state index in [0.717, 1.165) is 6.07 Å². The summed E-state index contributed by atoms with van der Waals surface area (Å²) < 4.78 is 29.9. The van der Waals surface area contributed by atoms with Crippen molar-refractivity contribution in [3.8, 4) is 17.2 Å². The summed E-state index contributed by atoms with van der Waals surface area (Å²) in [5.41, 5.74) is 0.300. The molecule has 3 rings (SSSR count). The molecule has 2 aromatic carbocycles. The van der Waals surface area contributed by atoms with Crippen LogP contribution in [0.2, 0.25) is 5.02 Å². The molecule has 0 unspecified atom stereocenters. The lowest BCUT2D eigenvalue weighted by Crippen LogP contribution is -2.18. The first-order valence-corrected chi connectivity index (χ1v) is 7.20. The van der Waals surface area contributed by atoms with E-state index in [2.05, 4.69) is 5.32 Å². The highest BCUT2D eigenvalue weighted by Gasteiger charge is 2.21. The number of rotatable bonds is 3. The van der Waals surface area contributed by atoms with Crippen LogP contribution < -0.4 is 19.5 Å². The van der Waals surface area contributed by atoms with Crippen LogP contribution in [0.3, 0.4) is 0 Å². The number of hydrogen-bond donors (Lipinski definition) is 1. The van der Waals surface area contributed by atoms with E-state index in [1.165, 1.54) is 31.4 Å². The molecule has 0 fully saturated rings. The number of halogens is 2. The van der Waals surface area contributed by atoms with Crippen LogP contribution in [0, 0.1) is 5.82 Å². The van der Waals surface area contributed by atoms with Crippen molar-refractivity contribution in [1.29, 1.82) is 0 Å². The molecule has 0 saturated carbocycles. The number of methoxy groups -OCH3 is 1. The van der Waals surface area contributed by atoms with Crippen LogP contribution >= 0.6 is 11.6 Å². The van der Waals surface area contributed by atoms with E-state index >= 15 is 0 Å². The number of amides is 1. The highest BCUT2D eigenvalue weighted by atomic mass is 35.5. The summed E-state index contributed by atoms with van der Waals surface area (Å²) in [5, 5.41) is 2.74. The minimum atomic E-state index is -0.615. The quantitative estimate of drug-likeness (QED) is 0.931. The number of ether oxygens (including phenoxy) is 3. The second-order valence-electron chi connectivity index (χ2n) is 4.78. The predicted octanol–water partition coefficient (Wildman–Crippen LogP) is 3.51. The molecule has 120 valence electrons. The van der Waals surface area contributed by atoms with Gasteiger partial charge in [-0.05, 0) is 30.3 Å². The Balaban J connectivity index is 1.90. The third kappa shape index (κ3) is 3.17. The van der Waals surface area contributed by atoms with Crippen LogP contribution in [-0.2, 0) is 0 Å². The summed E-state index contributed by atoms with van der Waals surface area (Å²) >= 11 is 5.69. The number of anilines is 1. The second kappa shape index (κ2) is 6.34. The van der Waals surface area contributed by atoms with E-state index in [0.29, 0.717) is 30.5 Å². The largest absolute Gasteiger partial charge is 0.493 e. The lowest BCUT2D eigenvalue weighted by atomic mass is 10.1. The molecule has 0 atom stereocenters. The van der Waals surface area contributed by atoms with Crippen molar-refractivity contribution in [1.82, 2.24) is 0 Å². The molecule has 1 N–H and O–H groups in total. The average Bonchev–Trinajstić information content (AvgIpc) is 2.56. The van der Waals surface area contributed by atoms with Gasteiger partial charge in [-0.1, -0.05) is 11.6 Å². The van der Waals surface area contributed by atoms with Crippen molar-refractivity contribution in [3.05, 3.63) is 46.7 Å². The second-order valence-corrected chi connectivity index (χ2v) is 5.22. The Labute approximate surface area is 136 Å². The number of fused-ring (bicyclic) bond motifs is 1. The van der Waals surface area contributed by atoms with Crippen molar-refractivity contribution >= 4 is 23.2 Å². The zero-order valence-electron chi connectivity index (χ0n) is 12.2. The first kappa shape index (κ1) is 15.4. The monoisotopic (exact) mass is 337 g/mol. The fourth-order valence-electron chi connectivity index (χ4n) is 2.19. The SMILES string of the molecule is COc1cc(C(=O)Nc2ccc(Cl)cc2F)cc2c1OCCO2. The molecule has 1 aliphatic heterocycles. The summed E-state index contributed by atoms with van der Waals surface area (Å²) in [6.07, 6.45) is 0. The van der Waals surface area contributed by atoms with E-state index in [-0.39, 0.29) is 16.3 Å². The van der Waals surface area contributed by atoms with Gasteiger partial charge in [0.05, 0.1) is 12.8 Å². The zero-order valence-corrected chi connectivity index (χ0v) is 12.9. The van der Waals surface area contributed by atoms with Crippen LogP contribution in [0.4, 0.5) is 10.1 Å². The van der Waals surface area contributed by atoms with E-state index in [4.69, 9.17) is 25.8 Å². The van der Waals surface area contributed by atoms with Crippen molar-refractivity contribution < 1.29 is 23.4 Å². The summed E-state index contributed by atoms with van der Waals surface area (Å²) in [7, 11) is 1.47. The van der Waals surface area contributed by atoms with Gasteiger partial charge in [-0.15, -0.1) is 0 Å². The van der Waals surface area contributed by atoms with Gasteiger partial charge in [-0.25, -0.2) is 4.39 Å². The van der Waals surface area contributed by atoms with Gasteiger partial charge in [-0.2, -0.15) is 0 Å². The molecule has 0 spiro atoms. The Bertz CT molecular complexity index is 749. The summed E-state index contributed by atoms with van der Waals surface area (Å²) in [6.45, 7) is 0.790. The molecule has 1 heterocycles. The zero-order chi connectivity index (χ0) is 16.4. The molecule has 0 aromatic heterocycles. The Morgan fingerprint density at radius 2 is 2.04 bits per heavy atom. The van der Waals surface area contributed by atoms with Gasteiger partial charge in [0.1, 0.15) is 19.0 Å². The fourth-order valence-corrected chi connectivity index (χ4v) is 2.35. The highest BCUT2D eigenvalue weighted by molar-refractivity contribution is 6.30. The fraction of sp³-hybridized carbons (Fsp3) is 0.188. The first-order valence-electron chi connectivity index (χ1n) is 6.82. The maximum absolute atomic E-state index is 13.8. The van der Waals surface area contributed by atoms with Gasteiger partial charge in [0, 0.05) is 10.6 Å². The van der Waals surface area contributed by atoms with E-state index < -0.39 is 11.7 Å². The number of nitrogens with one attached hydrogen (secondary N) is 1. The summed E-state index contributed by atoms with van der Waals surface area (Å²) in [6, 6.07) is 7.05. The van der Waals surface area contributed by atoms with Gasteiger partial charge in [0.2, 0.25) is 5.75 Å². The smallest absolute Gasteiger partial charge is 0.256 e. The number of carbonyl (C=O) groups excluding carboxylic acids is 1. The van der Waals surface area contributed by atoms with Crippen molar-refractivity contribution in [2.24, 2.45) is 0 Å². The molecule has 1 amide bonds. The minimum Gasteiger partial charge on any atom is -0.493 e. The molecule has 0 bridgehead atoms. The van der Waals surface area contributed by atoms with Gasteiger partial charge in [0.15, 0.2) is 11.5 Å². The van der Waals surface area contributed by atoms with Crippen LogP contribution in [0.15, 0.2) is 30.3 Å². The molecular formula is C16H13ClFNO4. The first-order chi connectivity index (χ1) is 11.1. The molecular weight excluding hydrogens is 325 g/mol. The van der Waals surface area contributed by atoms with E-state index in [1.54, 1.807) is 0 Å². The number of benzene rings is 2. The van der Waals surface area contributed by atoms with Gasteiger partial charge < -0.3 is 19.5 Å². The van der Waals surface area contributed by atoms with Crippen molar-refractivity contribution in [2.45, 2.75) is 0 Å². The third-order valence-electron chi connectivity index (χ3n) is 3.27. The lowest BCUT2D eigenvalue weighted by molar-refractivity contribution is 0.102. The Hall–Kier alpha value is -2.47.